The fourth-order valence-electron chi connectivity index (χ4n) is 1.86. The quantitative estimate of drug-likeness (QED) is 0.833. The zero-order valence-electron chi connectivity index (χ0n) is 9.86. The van der Waals surface area contributed by atoms with Crippen LogP contribution in [0.1, 0.15) is 31.9 Å². The maximum atomic E-state index is 5.53. The Hall–Kier alpha value is -0.840. The molecule has 90 valence electrons. The lowest BCUT2D eigenvalue weighted by Crippen LogP contribution is -2.31. The summed E-state index contributed by atoms with van der Waals surface area (Å²) in [7, 11) is 0. The number of nitrogens with one attached hydrogen (secondary N) is 1. The summed E-state index contributed by atoms with van der Waals surface area (Å²) >= 11 is 0. The van der Waals surface area contributed by atoms with E-state index in [9.17, 15) is 0 Å². The molecule has 1 atom stereocenters. The Labute approximate surface area is 95.9 Å². The lowest BCUT2D eigenvalue weighted by atomic mass is 10.1. The van der Waals surface area contributed by atoms with E-state index in [-0.39, 0.29) is 0 Å². The van der Waals surface area contributed by atoms with Gasteiger partial charge in [0.05, 0.1) is 25.7 Å². The summed E-state index contributed by atoms with van der Waals surface area (Å²) in [5.74, 6) is -0.400. The molecule has 2 heterocycles. The summed E-state index contributed by atoms with van der Waals surface area (Å²) in [6.07, 6.45) is 4.31. The third-order valence-corrected chi connectivity index (χ3v) is 2.97. The molecular formula is C12H19NO3. The molecular weight excluding hydrogens is 206 g/mol. The number of hydrogen-bond donors (Lipinski definition) is 1. The summed E-state index contributed by atoms with van der Waals surface area (Å²) in [4.78, 5) is 0. The Morgan fingerprint density at radius 2 is 2.19 bits per heavy atom. The van der Waals surface area contributed by atoms with E-state index in [1.807, 2.05) is 13.0 Å². The average molecular weight is 225 g/mol. The van der Waals surface area contributed by atoms with Gasteiger partial charge in [0.25, 0.3) is 0 Å². The molecule has 0 saturated carbocycles. The molecule has 0 aliphatic carbocycles. The second-order valence-electron chi connectivity index (χ2n) is 4.31. The van der Waals surface area contributed by atoms with Crippen molar-refractivity contribution in [2.75, 3.05) is 19.8 Å². The van der Waals surface area contributed by atoms with Crippen LogP contribution in [-0.2, 0) is 9.47 Å². The Kier molecular flexibility index (Phi) is 3.63. The lowest BCUT2D eigenvalue weighted by molar-refractivity contribution is -0.145. The van der Waals surface area contributed by atoms with E-state index in [1.54, 1.807) is 12.5 Å². The highest BCUT2D eigenvalue weighted by atomic mass is 16.7. The molecule has 1 aromatic heterocycles. The van der Waals surface area contributed by atoms with E-state index in [0.29, 0.717) is 19.3 Å². The lowest BCUT2D eigenvalue weighted by Gasteiger charge is -2.23. The molecule has 1 aliphatic heterocycles. The third kappa shape index (κ3) is 2.84. The van der Waals surface area contributed by atoms with Crippen molar-refractivity contribution in [3.8, 4) is 0 Å². The molecule has 0 spiro atoms. The molecule has 1 aromatic rings. The summed E-state index contributed by atoms with van der Waals surface area (Å²) in [6.45, 7) is 6.37. The molecule has 0 aromatic carbocycles. The molecule has 4 nitrogen and oxygen atoms in total. The van der Waals surface area contributed by atoms with Crippen LogP contribution in [0.2, 0.25) is 0 Å². The third-order valence-electron chi connectivity index (χ3n) is 2.97. The maximum Gasteiger partial charge on any atom is 0.166 e. The number of furan rings is 1. The van der Waals surface area contributed by atoms with Crippen LogP contribution in [0.5, 0.6) is 0 Å². The Morgan fingerprint density at radius 1 is 1.44 bits per heavy atom. The van der Waals surface area contributed by atoms with Crippen LogP contribution in [0.4, 0.5) is 0 Å². The van der Waals surface area contributed by atoms with Crippen molar-refractivity contribution in [1.29, 1.82) is 0 Å². The first-order valence-electron chi connectivity index (χ1n) is 5.73. The second kappa shape index (κ2) is 4.99. The topological polar surface area (TPSA) is 43.6 Å². The molecule has 1 unspecified atom stereocenters. The molecule has 4 heteroatoms. The van der Waals surface area contributed by atoms with Gasteiger partial charge >= 0.3 is 0 Å². The molecule has 0 bridgehead atoms. The molecule has 16 heavy (non-hydrogen) atoms. The Bertz CT molecular complexity index is 304. The minimum Gasteiger partial charge on any atom is -0.472 e. The zero-order chi connectivity index (χ0) is 11.4. The number of ether oxygens (including phenoxy) is 2. The van der Waals surface area contributed by atoms with Gasteiger partial charge < -0.3 is 19.2 Å². The van der Waals surface area contributed by atoms with E-state index < -0.39 is 5.79 Å². The van der Waals surface area contributed by atoms with Gasteiger partial charge in [-0.05, 0) is 19.9 Å². The van der Waals surface area contributed by atoms with Crippen molar-refractivity contribution >= 4 is 0 Å². The van der Waals surface area contributed by atoms with E-state index in [4.69, 9.17) is 13.9 Å². The molecule has 1 saturated heterocycles. The van der Waals surface area contributed by atoms with Crippen molar-refractivity contribution in [2.24, 2.45) is 0 Å². The number of hydrogen-bond acceptors (Lipinski definition) is 4. The van der Waals surface area contributed by atoms with E-state index in [1.165, 1.54) is 5.56 Å². The Morgan fingerprint density at radius 3 is 2.81 bits per heavy atom. The maximum absolute atomic E-state index is 5.53. The smallest absolute Gasteiger partial charge is 0.166 e. The van der Waals surface area contributed by atoms with Gasteiger partial charge in [0, 0.05) is 24.6 Å². The van der Waals surface area contributed by atoms with Gasteiger partial charge in [0.15, 0.2) is 5.79 Å². The molecule has 2 rings (SSSR count). The minimum absolute atomic E-state index is 0.295. The zero-order valence-corrected chi connectivity index (χ0v) is 9.86. The van der Waals surface area contributed by atoms with E-state index in [2.05, 4.69) is 12.2 Å². The SMILES string of the molecule is CC(NCCC1(C)OCCO1)c1ccoc1. The minimum atomic E-state index is -0.400. The summed E-state index contributed by atoms with van der Waals surface area (Å²) < 4.78 is 16.1. The summed E-state index contributed by atoms with van der Waals surface area (Å²) in [5, 5.41) is 3.42. The fourth-order valence-corrected chi connectivity index (χ4v) is 1.86. The predicted octanol–water partition coefficient (Wildman–Crippen LogP) is 2.08. The van der Waals surface area contributed by atoms with Gasteiger partial charge in [-0.25, -0.2) is 0 Å². The Balaban J connectivity index is 1.72. The molecule has 1 N–H and O–H groups in total. The molecule has 1 fully saturated rings. The fraction of sp³-hybridized carbons (Fsp3) is 0.667. The van der Waals surface area contributed by atoms with Crippen LogP contribution in [0.3, 0.4) is 0 Å². The van der Waals surface area contributed by atoms with Crippen molar-refractivity contribution < 1.29 is 13.9 Å². The number of rotatable bonds is 5. The highest BCUT2D eigenvalue weighted by Crippen LogP contribution is 2.22. The van der Waals surface area contributed by atoms with Gasteiger partial charge in [-0.2, -0.15) is 0 Å². The average Bonchev–Trinajstić information content (AvgIpc) is 2.88. The van der Waals surface area contributed by atoms with Gasteiger partial charge in [0.2, 0.25) is 0 Å². The summed E-state index contributed by atoms with van der Waals surface area (Å²) in [6, 6.07) is 2.27. The first kappa shape index (κ1) is 11.6. The monoisotopic (exact) mass is 225 g/mol. The van der Waals surface area contributed by atoms with Gasteiger partial charge in [-0.3, -0.25) is 0 Å². The van der Waals surface area contributed by atoms with Crippen molar-refractivity contribution in [3.05, 3.63) is 24.2 Å². The van der Waals surface area contributed by atoms with Crippen LogP contribution in [0, 0.1) is 0 Å². The molecule has 0 amide bonds. The van der Waals surface area contributed by atoms with Crippen LogP contribution in [-0.4, -0.2) is 25.5 Å². The van der Waals surface area contributed by atoms with Crippen LogP contribution in [0.15, 0.2) is 23.0 Å². The van der Waals surface area contributed by atoms with Crippen LogP contribution < -0.4 is 5.32 Å². The first-order chi connectivity index (χ1) is 7.70. The molecule has 1 aliphatic rings. The highest BCUT2D eigenvalue weighted by Gasteiger charge is 2.30. The standard InChI is InChI=1S/C12H19NO3/c1-10(11-3-6-14-9-11)13-5-4-12(2)15-7-8-16-12/h3,6,9-10,13H,4-5,7-8H2,1-2H3. The van der Waals surface area contributed by atoms with Gasteiger partial charge in [-0.15, -0.1) is 0 Å². The van der Waals surface area contributed by atoms with Gasteiger partial charge in [-0.1, -0.05) is 0 Å². The normalized spacial score (nSPS) is 21.1. The molecule has 0 radical (unpaired) electrons. The largest absolute Gasteiger partial charge is 0.472 e. The van der Waals surface area contributed by atoms with Crippen LogP contribution >= 0.6 is 0 Å². The van der Waals surface area contributed by atoms with Crippen molar-refractivity contribution in [2.45, 2.75) is 32.1 Å². The predicted molar refractivity (Wildman–Crippen MR) is 60.1 cm³/mol. The second-order valence-corrected chi connectivity index (χ2v) is 4.31. The summed E-state index contributed by atoms with van der Waals surface area (Å²) in [5.41, 5.74) is 1.17. The van der Waals surface area contributed by atoms with Gasteiger partial charge in [0.1, 0.15) is 0 Å². The van der Waals surface area contributed by atoms with E-state index >= 15 is 0 Å². The first-order valence-corrected chi connectivity index (χ1v) is 5.73. The van der Waals surface area contributed by atoms with E-state index in [0.717, 1.165) is 13.0 Å². The highest BCUT2D eigenvalue weighted by molar-refractivity contribution is 5.10. The van der Waals surface area contributed by atoms with Crippen molar-refractivity contribution in [3.63, 3.8) is 0 Å². The van der Waals surface area contributed by atoms with Crippen molar-refractivity contribution in [1.82, 2.24) is 5.32 Å². The van der Waals surface area contributed by atoms with Crippen LogP contribution in [0.25, 0.3) is 0 Å².